The van der Waals surface area contributed by atoms with Gasteiger partial charge in [-0.3, -0.25) is 9.10 Å². The van der Waals surface area contributed by atoms with E-state index < -0.39 is 45.7 Å². The van der Waals surface area contributed by atoms with Gasteiger partial charge in [-0.25, -0.2) is 12.8 Å². The van der Waals surface area contributed by atoms with E-state index in [9.17, 15) is 30.8 Å². The fourth-order valence-electron chi connectivity index (χ4n) is 2.92. The van der Waals surface area contributed by atoms with Gasteiger partial charge in [0.05, 0.1) is 21.8 Å². The van der Waals surface area contributed by atoms with Crippen molar-refractivity contribution in [3.05, 3.63) is 89.7 Å². The van der Waals surface area contributed by atoms with E-state index in [0.717, 1.165) is 42.0 Å². The van der Waals surface area contributed by atoms with E-state index in [-0.39, 0.29) is 10.6 Å². The number of hydrogen-bond donors (Lipinski definition) is 1. The zero-order chi connectivity index (χ0) is 23.5. The normalized spacial score (nSPS) is 11.8. The van der Waals surface area contributed by atoms with Gasteiger partial charge in [-0.1, -0.05) is 29.8 Å². The molecule has 0 aliphatic rings. The molecule has 0 saturated carbocycles. The van der Waals surface area contributed by atoms with Gasteiger partial charge in [0.2, 0.25) is 5.91 Å². The van der Waals surface area contributed by atoms with Crippen molar-refractivity contribution in [3.63, 3.8) is 0 Å². The van der Waals surface area contributed by atoms with Crippen molar-refractivity contribution < 1.29 is 30.8 Å². The third kappa shape index (κ3) is 5.25. The summed E-state index contributed by atoms with van der Waals surface area (Å²) >= 11 is 0. The van der Waals surface area contributed by atoms with Crippen LogP contribution in [-0.4, -0.2) is 20.9 Å². The molecule has 168 valence electrons. The van der Waals surface area contributed by atoms with Gasteiger partial charge in [-0.15, -0.1) is 0 Å². The van der Waals surface area contributed by atoms with Crippen LogP contribution in [0.2, 0.25) is 0 Å². The van der Waals surface area contributed by atoms with Gasteiger partial charge >= 0.3 is 6.18 Å². The van der Waals surface area contributed by atoms with Crippen LogP contribution in [-0.2, 0) is 21.0 Å². The molecule has 0 unspecified atom stereocenters. The zero-order valence-corrected chi connectivity index (χ0v) is 17.5. The molecule has 10 heteroatoms. The molecule has 0 aliphatic carbocycles. The summed E-state index contributed by atoms with van der Waals surface area (Å²) in [4.78, 5) is 12.5. The maximum absolute atomic E-state index is 13.4. The second-order valence-electron chi connectivity index (χ2n) is 6.89. The van der Waals surface area contributed by atoms with E-state index in [0.29, 0.717) is 4.31 Å². The highest BCUT2D eigenvalue weighted by Gasteiger charge is 2.34. The number of halogens is 4. The van der Waals surface area contributed by atoms with E-state index in [1.807, 2.05) is 0 Å². The number of carbonyl (C=O) groups excluding carboxylic acids is 1. The van der Waals surface area contributed by atoms with Crippen molar-refractivity contribution in [3.8, 4) is 0 Å². The number of alkyl halides is 3. The number of para-hydroxylation sites is 1. The molecule has 3 rings (SSSR count). The highest BCUT2D eigenvalue weighted by Crippen LogP contribution is 2.34. The molecule has 3 aromatic rings. The van der Waals surface area contributed by atoms with Crippen LogP contribution < -0.4 is 9.62 Å². The maximum Gasteiger partial charge on any atom is 0.418 e. The Morgan fingerprint density at radius 1 is 0.938 bits per heavy atom. The van der Waals surface area contributed by atoms with Gasteiger partial charge in [0, 0.05) is 0 Å². The average Bonchev–Trinajstić information content (AvgIpc) is 2.72. The van der Waals surface area contributed by atoms with E-state index in [1.165, 1.54) is 24.3 Å². The van der Waals surface area contributed by atoms with Crippen LogP contribution in [0.25, 0.3) is 0 Å². The highest BCUT2D eigenvalue weighted by atomic mass is 32.2. The van der Waals surface area contributed by atoms with Crippen molar-refractivity contribution in [2.45, 2.75) is 18.0 Å². The van der Waals surface area contributed by atoms with Gasteiger partial charge in [0.15, 0.2) is 0 Å². The van der Waals surface area contributed by atoms with E-state index in [4.69, 9.17) is 0 Å². The van der Waals surface area contributed by atoms with Crippen molar-refractivity contribution in [1.29, 1.82) is 0 Å². The Morgan fingerprint density at radius 2 is 1.53 bits per heavy atom. The molecule has 0 fully saturated rings. The number of nitrogens with one attached hydrogen (secondary N) is 1. The number of hydrogen-bond acceptors (Lipinski definition) is 3. The maximum atomic E-state index is 13.4. The second kappa shape index (κ2) is 8.99. The van der Waals surface area contributed by atoms with E-state index in [2.05, 4.69) is 5.32 Å². The van der Waals surface area contributed by atoms with Crippen LogP contribution in [0.3, 0.4) is 0 Å². The highest BCUT2D eigenvalue weighted by molar-refractivity contribution is 7.92. The summed E-state index contributed by atoms with van der Waals surface area (Å²) in [5, 5.41) is 2.12. The molecule has 32 heavy (non-hydrogen) atoms. The lowest BCUT2D eigenvalue weighted by atomic mass is 10.1. The average molecular weight is 466 g/mol. The topological polar surface area (TPSA) is 66.5 Å². The number of benzene rings is 3. The monoisotopic (exact) mass is 466 g/mol. The molecule has 5 nitrogen and oxygen atoms in total. The predicted molar refractivity (Wildman–Crippen MR) is 112 cm³/mol. The standard InChI is InChI=1S/C22H18F4N2O3S/c1-15-6-12-18(13-7-15)32(30,31)28(17-10-8-16(23)9-11-17)14-21(29)27-20-5-3-2-4-19(20)22(24,25)26/h2-13H,14H2,1H3,(H,27,29). The molecular weight excluding hydrogens is 448 g/mol. The van der Waals surface area contributed by atoms with Crippen LogP contribution >= 0.6 is 0 Å². The summed E-state index contributed by atoms with van der Waals surface area (Å²) in [6.45, 7) is 0.938. The molecule has 0 heterocycles. The van der Waals surface area contributed by atoms with Gasteiger partial charge in [-0.2, -0.15) is 13.2 Å². The Morgan fingerprint density at radius 3 is 2.12 bits per heavy atom. The number of aryl methyl sites for hydroxylation is 1. The van der Waals surface area contributed by atoms with E-state index >= 15 is 0 Å². The summed E-state index contributed by atoms with van der Waals surface area (Å²) in [5.41, 5.74) is -0.787. The lowest BCUT2D eigenvalue weighted by Gasteiger charge is -2.24. The third-order valence-electron chi connectivity index (χ3n) is 4.52. The molecule has 0 aromatic heterocycles. The van der Waals surface area contributed by atoms with Gasteiger partial charge < -0.3 is 5.32 Å². The quantitative estimate of drug-likeness (QED) is 0.521. The molecular formula is C22H18F4N2O3S. The van der Waals surface area contributed by atoms with Crippen molar-refractivity contribution >= 4 is 27.3 Å². The molecule has 1 N–H and O–H groups in total. The summed E-state index contributed by atoms with van der Waals surface area (Å²) in [7, 11) is -4.28. The first-order valence-electron chi connectivity index (χ1n) is 9.29. The van der Waals surface area contributed by atoms with Crippen molar-refractivity contribution in [2.24, 2.45) is 0 Å². The summed E-state index contributed by atoms with van der Waals surface area (Å²) in [5.74, 6) is -1.62. The number of nitrogens with zero attached hydrogens (tertiary/aromatic N) is 1. The Kier molecular flexibility index (Phi) is 6.54. The first-order chi connectivity index (χ1) is 15.0. The fourth-order valence-corrected chi connectivity index (χ4v) is 4.34. The summed E-state index contributed by atoms with van der Waals surface area (Å²) in [6, 6.07) is 14.5. The molecule has 1 amide bonds. The minimum absolute atomic E-state index is 0.0220. The number of amides is 1. The number of sulfonamides is 1. The first kappa shape index (κ1) is 23.3. The smallest absolute Gasteiger partial charge is 0.324 e. The third-order valence-corrected chi connectivity index (χ3v) is 6.31. The number of carbonyl (C=O) groups is 1. The van der Waals surface area contributed by atoms with Gasteiger partial charge in [0.1, 0.15) is 12.4 Å². The molecule has 0 aliphatic heterocycles. The summed E-state index contributed by atoms with van der Waals surface area (Å²) in [6.07, 6.45) is -4.71. The van der Waals surface area contributed by atoms with Gasteiger partial charge in [-0.05, 0) is 55.5 Å². The lowest BCUT2D eigenvalue weighted by Crippen LogP contribution is -2.38. The number of anilines is 2. The van der Waals surface area contributed by atoms with E-state index in [1.54, 1.807) is 19.1 Å². The van der Waals surface area contributed by atoms with Crippen molar-refractivity contribution in [1.82, 2.24) is 0 Å². The summed E-state index contributed by atoms with van der Waals surface area (Å²) < 4.78 is 80.2. The Bertz CT molecular complexity index is 1210. The molecule has 0 bridgehead atoms. The minimum Gasteiger partial charge on any atom is -0.324 e. The molecule has 0 saturated heterocycles. The first-order valence-corrected chi connectivity index (χ1v) is 10.7. The molecule has 0 atom stereocenters. The minimum atomic E-state index is -4.71. The van der Waals surface area contributed by atoms with Crippen LogP contribution in [0.5, 0.6) is 0 Å². The van der Waals surface area contributed by atoms with Gasteiger partial charge in [0.25, 0.3) is 10.0 Å². The molecule has 0 spiro atoms. The SMILES string of the molecule is Cc1ccc(S(=O)(=O)N(CC(=O)Nc2ccccc2C(F)(F)F)c2ccc(F)cc2)cc1. The van der Waals surface area contributed by atoms with Crippen LogP contribution in [0, 0.1) is 12.7 Å². The molecule has 0 radical (unpaired) electrons. The Balaban J connectivity index is 1.96. The van der Waals surface area contributed by atoms with Crippen LogP contribution in [0.4, 0.5) is 28.9 Å². The predicted octanol–water partition coefficient (Wildman–Crippen LogP) is 4.99. The second-order valence-corrected chi connectivity index (χ2v) is 8.75. The zero-order valence-electron chi connectivity index (χ0n) is 16.7. The van der Waals surface area contributed by atoms with Crippen molar-refractivity contribution in [2.75, 3.05) is 16.2 Å². The molecule has 3 aromatic carbocycles. The largest absolute Gasteiger partial charge is 0.418 e. The van der Waals surface area contributed by atoms with Crippen LogP contribution in [0.15, 0.2) is 77.7 Å². The Hall–Kier alpha value is -3.40. The Labute approximate surface area is 182 Å². The lowest BCUT2D eigenvalue weighted by molar-refractivity contribution is -0.137. The fraction of sp³-hybridized carbons (Fsp3) is 0.136. The van der Waals surface area contributed by atoms with Crippen LogP contribution in [0.1, 0.15) is 11.1 Å². The number of rotatable bonds is 6.